The van der Waals surface area contributed by atoms with Gasteiger partial charge in [0.25, 0.3) is 17.8 Å². The third-order valence-corrected chi connectivity index (χ3v) is 3.84. The molecule has 4 rings (SSSR count). The van der Waals surface area contributed by atoms with E-state index in [1.165, 1.54) is 12.1 Å². The minimum atomic E-state index is -1.43. The van der Waals surface area contributed by atoms with Gasteiger partial charge in [-0.3, -0.25) is 14.7 Å². The summed E-state index contributed by atoms with van der Waals surface area (Å²) in [4.78, 5) is 41.0. The van der Waals surface area contributed by atoms with Gasteiger partial charge in [-0.2, -0.15) is 4.98 Å². The lowest BCUT2D eigenvalue weighted by Gasteiger charge is -2.07. The second-order valence-electron chi connectivity index (χ2n) is 5.34. The van der Waals surface area contributed by atoms with E-state index in [0.29, 0.717) is 5.82 Å². The summed E-state index contributed by atoms with van der Waals surface area (Å²) in [5, 5.41) is 17.6. The smallest absolute Gasteiger partial charge is 0.268 e. The summed E-state index contributed by atoms with van der Waals surface area (Å²) >= 11 is 0. The van der Waals surface area contributed by atoms with Gasteiger partial charge in [-0.15, -0.1) is 5.10 Å². The van der Waals surface area contributed by atoms with E-state index in [1.807, 2.05) is 18.2 Å². The minimum absolute atomic E-state index is 0.0160. The van der Waals surface area contributed by atoms with Crippen molar-refractivity contribution in [2.75, 3.05) is 4.90 Å². The van der Waals surface area contributed by atoms with Gasteiger partial charge >= 0.3 is 0 Å². The molecule has 0 atom stereocenters. The van der Waals surface area contributed by atoms with Crippen LogP contribution in [0.5, 0.6) is 0 Å². The number of aromatic carboxylic acids is 1. The molecule has 8 nitrogen and oxygen atoms in total. The van der Waals surface area contributed by atoms with E-state index >= 15 is 0 Å². The number of carbonyl (C=O) groups excluding carboxylic acids is 3. The predicted octanol–water partition coefficient (Wildman–Crippen LogP) is 0.636. The van der Waals surface area contributed by atoms with Gasteiger partial charge in [0, 0.05) is 5.56 Å². The molecule has 1 N–H and O–H groups in total. The molecule has 0 unspecified atom stereocenters. The number of nitrogens with one attached hydrogen (secondary N) is 1. The molecule has 1 aliphatic rings. The Morgan fingerprint density at radius 3 is 2.44 bits per heavy atom. The highest BCUT2D eigenvalue weighted by Gasteiger charge is 2.39. The van der Waals surface area contributed by atoms with Crippen LogP contribution in [0.1, 0.15) is 31.1 Å². The molecular formula is C17H9N4O4-. The summed E-state index contributed by atoms with van der Waals surface area (Å²) in [6.45, 7) is 0. The van der Waals surface area contributed by atoms with Gasteiger partial charge in [-0.25, -0.2) is 4.90 Å². The van der Waals surface area contributed by atoms with Crippen LogP contribution >= 0.6 is 0 Å². The van der Waals surface area contributed by atoms with Crippen LogP contribution < -0.4 is 10.0 Å². The van der Waals surface area contributed by atoms with Crippen LogP contribution in [0.2, 0.25) is 0 Å². The van der Waals surface area contributed by atoms with Crippen molar-refractivity contribution in [3.63, 3.8) is 0 Å². The van der Waals surface area contributed by atoms with Gasteiger partial charge in [0.05, 0.1) is 17.1 Å². The maximum Gasteiger partial charge on any atom is 0.268 e. The van der Waals surface area contributed by atoms with Crippen LogP contribution in [0.3, 0.4) is 0 Å². The molecule has 0 spiro atoms. The Morgan fingerprint density at radius 1 is 1.00 bits per heavy atom. The maximum atomic E-state index is 12.5. The molecule has 25 heavy (non-hydrogen) atoms. The number of anilines is 1. The number of aromatic nitrogens is 3. The highest BCUT2D eigenvalue weighted by molar-refractivity contribution is 6.34. The van der Waals surface area contributed by atoms with Gasteiger partial charge in [0.1, 0.15) is 0 Å². The van der Waals surface area contributed by atoms with Crippen LogP contribution in [0.25, 0.3) is 11.4 Å². The van der Waals surface area contributed by atoms with Gasteiger partial charge in [0.2, 0.25) is 0 Å². The standard InChI is InChI=1S/C17H10N4O4/c22-14-11-7-6-10(16(24)25)8-12(11)15(23)21(14)17-18-13(19-20-17)9-4-2-1-3-5-9/h1-8H,(H,24,25)(H,18,19,20)/p-1. The number of amides is 2. The number of aromatic amines is 1. The molecule has 0 fully saturated rings. The van der Waals surface area contributed by atoms with E-state index in [4.69, 9.17) is 0 Å². The number of carboxylic acids is 1. The van der Waals surface area contributed by atoms with Crippen molar-refractivity contribution in [2.45, 2.75) is 0 Å². The van der Waals surface area contributed by atoms with E-state index in [1.54, 1.807) is 12.1 Å². The van der Waals surface area contributed by atoms with Crippen molar-refractivity contribution in [3.05, 3.63) is 65.2 Å². The van der Waals surface area contributed by atoms with E-state index in [0.717, 1.165) is 16.5 Å². The second-order valence-corrected chi connectivity index (χ2v) is 5.34. The first-order valence-electron chi connectivity index (χ1n) is 7.28. The Morgan fingerprint density at radius 2 is 1.72 bits per heavy atom. The summed E-state index contributed by atoms with van der Waals surface area (Å²) < 4.78 is 0. The molecule has 0 bridgehead atoms. The lowest BCUT2D eigenvalue weighted by atomic mass is 10.1. The molecular weight excluding hydrogens is 324 g/mol. The van der Waals surface area contributed by atoms with Crippen LogP contribution in [0.4, 0.5) is 5.95 Å². The van der Waals surface area contributed by atoms with Crippen molar-refractivity contribution >= 4 is 23.7 Å². The summed E-state index contributed by atoms with van der Waals surface area (Å²) in [6.07, 6.45) is 0. The molecule has 0 radical (unpaired) electrons. The van der Waals surface area contributed by atoms with Crippen LogP contribution in [0.15, 0.2) is 48.5 Å². The Hall–Kier alpha value is -3.81. The molecule has 0 aliphatic carbocycles. The third kappa shape index (κ3) is 2.27. The van der Waals surface area contributed by atoms with E-state index < -0.39 is 17.8 Å². The maximum absolute atomic E-state index is 12.5. The largest absolute Gasteiger partial charge is 0.545 e. The van der Waals surface area contributed by atoms with Gasteiger partial charge in [0.15, 0.2) is 5.82 Å². The fraction of sp³-hybridized carbons (Fsp3) is 0. The lowest BCUT2D eigenvalue weighted by molar-refractivity contribution is -0.255. The normalized spacial score (nSPS) is 13.2. The first-order chi connectivity index (χ1) is 12.1. The summed E-state index contributed by atoms with van der Waals surface area (Å²) in [7, 11) is 0. The summed E-state index contributed by atoms with van der Waals surface area (Å²) in [6, 6.07) is 12.7. The third-order valence-electron chi connectivity index (χ3n) is 3.84. The first kappa shape index (κ1) is 14.8. The molecule has 2 aromatic carbocycles. The number of benzene rings is 2. The number of fused-ring (bicyclic) bond motifs is 1. The van der Waals surface area contributed by atoms with Crippen molar-refractivity contribution in [2.24, 2.45) is 0 Å². The lowest BCUT2D eigenvalue weighted by Crippen LogP contribution is -2.30. The predicted molar refractivity (Wildman–Crippen MR) is 83.7 cm³/mol. The molecule has 0 saturated carbocycles. The molecule has 0 saturated heterocycles. The Balaban J connectivity index is 1.73. The fourth-order valence-electron chi connectivity index (χ4n) is 2.63. The van der Waals surface area contributed by atoms with Crippen molar-refractivity contribution < 1.29 is 19.5 Å². The Bertz CT molecular complexity index is 1030. The molecule has 2 amide bonds. The molecule has 2 heterocycles. The zero-order valence-electron chi connectivity index (χ0n) is 12.6. The average Bonchev–Trinajstić information content (AvgIpc) is 3.19. The zero-order chi connectivity index (χ0) is 17.6. The number of carbonyl (C=O) groups is 3. The van der Waals surface area contributed by atoms with Gasteiger partial charge in [-0.1, -0.05) is 36.4 Å². The van der Waals surface area contributed by atoms with Crippen LogP contribution in [-0.4, -0.2) is 33.0 Å². The highest BCUT2D eigenvalue weighted by atomic mass is 16.4. The number of carboxylic acid groups (broad SMARTS) is 1. The highest BCUT2D eigenvalue weighted by Crippen LogP contribution is 2.28. The zero-order valence-corrected chi connectivity index (χ0v) is 12.6. The average molecular weight is 333 g/mol. The number of hydrogen-bond acceptors (Lipinski definition) is 6. The van der Waals surface area contributed by atoms with Crippen molar-refractivity contribution in [1.82, 2.24) is 15.2 Å². The van der Waals surface area contributed by atoms with Crippen molar-refractivity contribution in [3.8, 4) is 11.4 Å². The number of hydrogen-bond donors (Lipinski definition) is 1. The summed E-state index contributed by atoms with van der Waals surface area (Å²) in [5.74, 6) is -2.40. The monoisotopic (exact) mass is 333 g/mol. The topological polar surface area (TPSA) is 119 Å². The van der Waals surface area contributed by atoms with Crippen molar-refractivity contribution in [1.29, 1.82) is 0 Å². The quantitative estimate of drug-likeness (QED) is 0.702. The Kier molecular flexibility index (Phi) is 3.17. The van der Waals surface area contributed by atoms with E-state index in [9.17, 15) is 19.5 Å². The van der Waals surface area contributed by atoms with Crippen LogP contribution in [0, 0.1) is 0 Å². The molecule has 122 valence electrons. The number of imide groups is 1. The number of nitrogens with zero attached hydrogens (tertiary/aromatic N) is 3. The first-order valence-corrected chi connectivity index (χ1v) is 7.28. The Labute approximate surface area is 140 Å². The van der Waals surface area contributed by atoms with Gasteiger partial charge in [-0.05, 0) is 17.7 Å². The second kappa shape index (κ2) is 5.38. The molecule has 1 aliphatic heterocycles. The van der Waals surface area contributed by atoms with Gasteiger partial charge < -0.3 is 9.90 Å². The summed E-state index contributed by atoms with van der Waals surface area (Å²) in [5.41, 5.74) is 0.651. The SMILES string of the molecule is O=C([O-])c1ccc2c(c1)C(=O)N(c1n[nH]c(-c3ccccc3)n1)C2=O. The van der Waals surface area contributed by atoms with E-state index in [-0.39, 0.29) is 22.6 Å². The fourth-order valence-corrected chi connectivity index (χ4v) is 2.63. The number of H-pyrrole nitrogens is 1. The minimum Gasteiger partial charge on any atom is -0.545 e. The molecule has 3 aromatic rings. The van der Waals surface area contributed by atoms with E-state index in [2.05, 4.69) is 15.2 Å². The molecule has 8 heteroatoms. The number of rotatable bonds is 3. The van der Waals surface area contributed by atoms with Crippen LogP contribution in [-0.2, 0) is 0 Å². The molecule has 1 aromatic heterocycles.